The van der Waals surface area contributed by atoms with Crippen molar-refractivity contribution in [1.82, 2.24) is 9.13 Å². The summed E-state index contributed by atoms with van der Waals surface area (Å²) in [6.07, 6.45) is 0. The Morgan fingerprint density at radius 3 is 1.61 bits per heavy atom. The SMILES string of the molecule is c1ccc(-n2c3ccccc3c3cc(-c4ccc5c(c4)c4ccc6ccccc6c4n5-c4cccc(-c5cccc(-c6ccc7c8c(cccc68)-c6ccccc6-7)c5)c4)ccc32)cc1. The van der Waals surface area contributed by atoms with Crippen LogP contribution in [0.25, 0.3) is 132 Å². The average molecular weight is 811 g/mol. The highest BCUT2D eigenvalue weighted by atomic mass is 15.0. The van der Waals surface area contributed by atoms with Crippen molar-refractivity contribution in [2.75, 3.05) is 0 Å². The van der Waals surface area contributed by atoms with Crippen molar-refractivity contribution < 1.29 is 0 Å². The van der Waals surface area contributed by atoms with Crippen molar-refractivity contribution in [3.05, 3.63) is 231 Å². The topological polar surface area (TPSA) is 9.86 Å². The maximum absolute atomic E-state index is 2.49. The van der Waals surface area contributed by atoms with Crippen molar-refractivity contribution in [1.29, 1.82) is 0 Å². The van der Waals surface area contributed by atoms with Gasteiger partial charge in [0.1, 0.15) is 0 Å². The van der Waals surface area contributed by atoms with E-state index in [9.17, 15) is 0 Å². The zero-order chi connectivity index (χ0) is 41.9. The number of para-hydroxylation sites is 2. The second kappa shape index (κ2) is 13.5. The lowest BCUT2D eigenvalue weighted by atomic mass is 9.92. The number of fused-ring (bicyclic) bond motifs is 11. The van der Waals surface area contributed by atoms with Gasteiger partial charge < -0.3 is 9.13 Å². The molecule has 0 bridgehead atoms. The molecule has 0 amide bonds. The number of hydrogen-bond donors (Lipinski definition) is 0. The predicted molar refractivity (Wildman–Crippen MR) is 271 cm³/mol. The summed E-state index contributed by atoms with van der Waals surface area (Å²) in [6, 6.07) is 85.3. The van der Waals surface area contributed by atoms with Crippen molar-refractivity contribution >= 4 is 65.2 Å². The van der Waals surface area contributed by atoms with Crippen molar-refractivity contribution in [3.63, 3.8) is 0 Å². The Kier molecular flexibility index (Phi) is 7.43. The van der Waals surface area contributed by atoms with E-state index >= 15 is 0 Å². The third-order valence-corrected chi connectivity index (χ3v) is 13.8. The Hall–Kier alpha value is -8.46. The molecule has 2 heteroatoms. The number of hydrogen-bond acceptors (Lipinski definition) is 0. The molecule has 0 unspecified atom stereocenters. The van der Waals surface area contributed by atoms with Gasteiger partial charge in [-0.2, -0.15) is 0 Å². The minimum Gasteiger partial charge on any atom is -0.309 e. The maximum Gasteiger partial charge on any atom is 0.0619 e. The molecule has 0 saturated heterocycles. The summed E-state index contributed by atoms with van der Waals surface area (Å²) in [5.74, 6) is 0. The monoisotopic (exact) mass is 810 g/mol. The molecule has 0 fully saturated rings. The molecule has 0 atom stereocenters. The molecule has 2 aromatic heterocycles. The molecular weight excluding hydrogens is 773 g/mol. The molecule has 0 N–H and O–H groups in total. The van der Waals surface area contributed by atoms with Gasteiger partial charge in [0.05, 0.1) is 22.1 Å². The Morgan fingerprint density at radius 1 is 0.234 bits per heavy atom. The quantitative estimate of drug-likeness (QED) is 0.164. The van der Waals surface area contributed by atoms with Crippen LogP contribution in [0.2, 0.25) is 0 Å². The van der Waals surface area contributed by atoms with Gasteiger partial charge in [0.25, 0.3) is 0 Å². The lowest BCUT2D eigenvalue weighted by molar-refractivity contribution is 1.18. The lowest BCUT2D eigenvalue weighted by Crippen LogP contribution is -1.95. The van der Waals surface area contributed by atoms with Gasteiger partial charge in [0.2, 0.25) is 0 Å². The van der Waals surface area contributed by atoms with Gasteiger partial charge in [-0.25, -0.2) is 0 Å². The molecule has 2 heterocycles. The maximum atomic E-state index is 2.49. The minimum absolute atomic E-state index is 1.14. The molecule has 14 rings (SSSR count). The number of nitrogens with zero attached hydrogens (tertiary/aromatic N) is 2. The van der Waals surface area contributed by atoms with Crippen LogP contribution >= 0.6 is 0 Å². The van der Waals surface area contributed by atoms with Crippen molar-refractivity contribution in [2.45, 2.75) is 0 Å². The van der Waals surface area contributed by atoms with Gasteiger partial charge in [-0.3, -0.25) is 0 Å². The first-order chi connectivity index (χ1) is 31.7. The van der Waals surface area contributed by atoms with Crippen LogP contribution in [-0.2, 0) is 0 Å². The fourth-order valence-electron chi connectivity index (χ4n) is 11.0. The van der Waals surface area contributed by atoms with E-state index in [4.69, 9.17) is 0 Å². The summed E-state index contributed by atoms with van der Waals surface area (Å²) >= 11 is 0. The molecule has 0 aliphatic heterocycles. The van der Waals surface area contributed by atoms with Crippen molar-refractivity contribution in [2.24, 2.45) is 0 Å². The summed E-state index contributed by atoms with van der Waals surface area (Å²) in [6.45, 7) is 0. The van der Waals surface area contributed by atoms with Crippen LogP contribution in [0.4, 0.5) is 0 Å². The fraction of sp³-hybridized carbons (Fsp3) is 0. The predicted octanol–water partition coefficient (Wildman–Crippen LogP) is 16.8. The lowest BCUT2D eigenvalue weighted by Gasteiger charge is -2.13. The third kappa shape index (κ3) is 5.08. The molecule has 11 aromatic carbocycles. The van der Waals surface area contributed by atoms with Gasteiger partial charge in [0.15, 0.2) is 0 Å². The second-order valence-corrected chi connectivity index (χ2v) is 17.2. The second-order valence-electron chi connectivity index (χ2n) is 17.2. The average Bonchev–Trinajstić information content (AvgIpc) is 4.01. The molecule has 0 radical (unpaired) electrons. The van der Waals surface area contributed by atoms with Gasteiger partial charge in [-0.05, 0) is 132 Å². The van der Waals surface area contributed by atoms with Crippen LogP contribution in [0.5, 0.6) is 0 Å². The largest absolute Gasteiger partial charge is 0.309 e. The van der Waals surface area contributed by atoms with E-state index in [1.165, 1.54) is 126 Å². The molecule has 64 heavy (non-hydrogen) atoms. The molecule has 13 aromatic rings. The van der Waals surface area contributed by atoms with Gasteiger partial charge in [-0.15, -0.1) is 0 Å². The summed E-state index contributed by atoms with van der Waals surface area (Å²) < 4.78 is 4.87. The molecule has 0 saturated carbocycles. The van der Waals surface area contributed by atoms with Gasteiger partial charge in [0, 0.05) is 38.3 Å². The van der Waals surface area contributed by atoms with E-state index in [1.54, 1.807) is 0 Å². The highest BCUT2D eigenvalue weighted by Gasteiger charge is 2.23. The minimum atomic E-state index is 1.14. The number of aromatic nitrogens is 2. The first kappa shape index (κ1) is 35.2. The van der Waals surface area contributed by atoms with E-state index in [-0.39, 0.29) is 0 Å². The van der Waals surface area contributed by atoms with Crippen LogP contribution in [0, 0.1) is 0 Å². The normalized spacial score (nSPS) is 12.1. The molecular formula is C62H38N2. The Morgan fingerprint density at radius 2 is 0.781 bits per heavy atom. The highest BCUT2D eigenvalue weighted by molar-refractivity contribution is 6.20. The van der Waals surface area contributed by atoms with Crippen molar-refractivity contribution in [3.8, 4) is 67.0 Å². The van der Waals surface area contributed by atoms with E-state index in [0.29, 0.717) is 0 Å². The summed E-state index contributed by atoms with van der Waals surface area (Å²) in [5.41, 5.74) is 19.7. The molecule has 0 spiro atoms. The third-order valence-electron chi connectivity index (χ3n) is 13.8. The Bertz CT molecular complexity index is 4040. The molecule has 296 valence electrons. The van der Waals surface area contributed by atoms with Gasteiger partial charge >= 0.3 is 0 Å². The van der Waals surface area contributed by atoms with E-state index in [0.717, 1.165) is 5.69 Å². The molecule has 1 aliphatic carbocycles. The molecule has 2 nitrogen and oxygen atoms in total. The highest BCUT2D eigenvalue weighted by Crippen LogP contribution is 2.49. The van der Waals surface area contributed by atoms with E-state index in [2.05, 4.69) is 240 Å². The smallest absolute Gasteiger partial charge is 0.0619 e. The molecule has 1 aliphatic rings. The summed E-state index contributed by atoms with van der Waals surface area (Å²) in [4.78, 5) is 0. The zero-order valence-electron chi connectivity index (χ0n) is 34.8. The fourth-order valence-corrected chi connectivity index (χ4v) is 11.0. The number of rotatable bonds is 5. The van der Waals surface area contributed by atoms with E-state index in [1.807, 2.05) is 0 Å². The first-order valence-corrected chi connectivity index (χ1v) is 22.2. The van der Waals surface area contributed by atoms with Crippen LogP contribution in [0.15, 0.2) is 231 Å². The zero-order valence-corrected chi connectivity index (χ0v) is 34.8. The Labute approximate surface area is 370 Å². The van der Waals surface area contributed by atoms with Gasteiger partial charge in [-0.1, -0.05) is 170 Å². The summed E-state index contributed by atoms with van der Waals surface area (Å²) in [5, 5.41) is 10.1. The standard InChI is InChI=1S/C62H38N2/c1-2-17-45(18-3-1)63-58-26-9-8-23-51(58)56-37-42(28-33-59(56)63)43-29-34-60-57(38-43)55-30-27-39-13-4-5-20-48(39)62(55)64(60)46-19-11-15-41(36-46)40-14-10-16-44(35-40)47-31-32-54-50-22-7-6-21-49(50)53-25-12-24-52(47)61(53)54/h1-38H. The number of benzene rings is 11. The van der Waals surface area contributed by atoms with Crippen LogP contribution in [-0.4, -0.2) is 9.13 Å². The van der Waals surface area contributed by atoms with Crippen LogP contribution in [0.1, 0.15) is 0 Å². The van der Waals surface area contributed by atoms with E-state index < -0.39 is 0 Å². The van der Waals surface area contributed by atoms with Crippen LogP contribution < -0.4 is 0 Å². The summed E-state index contributed by atoms with van der Waals surface area (Å²) in [7, 11) is 0. The Balaban J connectivity index is 0.914. The van der Waals surface area contributed by atoms with Crippen LogP contribution in [0.3, 0.4) is 0 Å². The first-order valence-electron chi connectivity index (χ1n) is 22.2.